The number of nitrogens with one attached hydrogen (secondary N) is 1. The van der Waals surface area contributed by atoms with Crippen molar-refractivity contribution in [3.05, 3.63) is 18.2 Å². The highest BCUT2D eigenvalue weighted by molar-refractivity contribution is 7.89. The molecule has 0 bridgehead atoms. The molecule has 1 aliphatic rings. The minimum Gasteiger partial charge on any atom is -0.399 e. The van der Waals surface area contributed by atoms with Gasteiger partial charge < -0.3 is 16.0 Å². The molecule has 0 spiro atoms. The Bertz CT molecular complexity index is 581. The van der Waals surface area contributed by atoms with Gasteiger partial charge in [-0.3, -0.25) is 0 Å². The van der Waals surface area contributed by atoms with Crippen molar-refractivity contribution in [3.8, 4) is 0 Å². The first kappa shape index (κ1) is 16.1. The van der Waals surface area contributed by atoms with Crippen LogP contribution in [0.2, 0.25) is 0 Å². The lowest BCUT2D eigenvalue weighted by Crippen LogP contribution is -2.31. The molecule has 21 heavy (non-hydrogen) atoms. The van der Waals surface area contributed by atoms with E-state index in [1.165, 1.54) is 18.9 Å². The second kappa shape index (κ2) is 6.64. The average Bonchev–Trinajstić information content (AvgIpc) is 2.41. The number of sulfonamides is 1. The van der Waals surface area contributed by atoms with Gasteiger partial charge in [0.1, 0.15) is 4.90 Å². The summed E-state index contributed by atoms with van der Waals surface area (Å²) in [6, 6.07) is 4.74. The van der Waals surface area contributed by atoms with Gasteiger partial charge in [-0.25, -0.2) is 13.6 Å². The summed E-state index contributed by atoms with van der Waals surface area (Å²) >= 11 is 0. The van der Waals surface area contributed by atoms with Crippen LogP contribution in [0.4, 0.5) is 11.4 Å². The Morgan fingerprint density at radius 2 is 2.00 bits per heavy atom. The van der Waals surface area contributed by atoms with Crippen LogP contribution in [-0.4, -0.2) is 40.0 Å². The SMILES string of the molecule is CN1CCC(CCNc2ccc(N)cc2S(N)(=O)=O)CC1. The van der Waals surface area contributed by atoms with E-state index in [0.29, 0.717) is 17.3 Å². The molecule has 1 saturated heterocycles. The second-order valence-electron chi connectivity index (χ2n) is 5.76. The van der Waals surface area contributed by atoms with Crippen LogP contribution in [-0.2, 0) is 10.0 Å². The maximum Gasteiger partial charge on any atom is 0.240 e. The number of piperidine rings is 1. The van der Waals surface area contributed by atoms with Crippen LogP contribution in [0.1, 0.15) is 19.3 Å². The maximum atomic E-state index is 11.6. The fourth-order valence-electron chi connectivity index (χ4n) is 2.68. The predicted octanol–water partition coefficient (Wildman–Crippen LogP) is 1.06. The fraction of sp³-hybridized carbons (Fsp3) is 0.571. The molecule has 1 aliphatic heterocycles. The highest BCUT2D eigenvalue weighted by Gasteiger charge is 2.17. The van der Waals surface area contributed by atoms with Crippen molar-refractivity contribution in [2.45, 2.75) is 24.2 Å². The molecule has 0 aromatic heterocycles. The Hall–Kier alpha value is -1.31. The average molecular weight is 312 g/mol. The van der Waals surface area contributed by atoms with Gasteiger partial charge in [0.25, 0.3) is 0 Å². The first-order chi connectivity index (χ1) is 9.86. The summed E-state index contributed by atoms with van der Waals surface area (Å²) in [7, 11) is -1.63. The second-order valence-corrected chi connectivity index (χ2v) is 7.29. The Morgan fingerprint density at radius 3 is 2.62 bits per heavy atom. The summed E-state index contributed by atoms with van der Waals surface area (Å²) < 4.78 is 23.2. The van der Waals surface area contributed by atoms with Crippen molar-refractivity contribution in [2.75, 3.05) is 37.7 Å². The molecule has 0 aliphatic carbocycles. The summed E-state index contributed by atoms with van der Waals surface area (Å²) in [4.78, 5) is 2.40. The van der Waals surface area contributed by atoms with E-state index in [2.05, 4.69) is 17.3 Å². The summed E-state index contributed by atoms with van der Waals surface area (Å²) in [5, 5.41) is 8.40. The molecule has 0 radical (unpaired) electrons. The molecule has 118 valence electrons. The number of rotatable bonds is 5. The number of benzene rings is 1. The van der Waals surface area contributed by atoms with E-state index < -0.39 is 10.0 Å². The molecular formula is C14H24N4O2S. The number of primary sulfonamides is 1. The Labute approximate surface area is 126 Å². The highest BCUT2D eigenvalue weighted by Crippen LogP contribution is 2.24. The first-order valence-corrected chi connectivity index (χ1v) is 8.75. The van der Waals surface area contributed by atoms with Crippen molar-refractivity contribution in [1.82, 2.24) is 4.90 Å². The van der Waals surface area contributed by atoms with Gasteiger partial charge in [-0.05, 0) is 63.5 Å². The molecule has 6 nitrogen and oxygen atoms in total. The molecule has 0 saturated carbocycles. The Morgan fingerprint density at radius 1 is 1.33 bits per heavy atom. The van der Waals surface area contributed by atoms with E-state index in [9.17, 15) is 8.42 Å². The zero-order chi connectivity index (χ0) is 15.5. The van der Waals surface area contributed by atoms with Crippen molar-refractivity contribution in [2.24, 2.45) is 11.1 Å². The van der Waals surface area contributed by atoms with Crippen molar-refractivity contribution in [1.29, 1.82) is 0 Å². The van der Waals surface area contributed by atoms with E-state index in [-0.39, 0.29) is 4.90 Å². The largest absolute Gasteiger partial charge is 0.399 e. The maximum absolute atomic E-state index is 11.6. The number of anilines is 2. The van der Waals surface area contributed by atoms with E-state index in [1.807, 2.05) is 0 Å². The summed E-state index contributed by atoms with van der Waals surface area (Å²) in [5.41, 5.74) is 6.55. The molecule has 1 heterocycles. The molecule has 7 heteroatoms. The third-order valence-corrected chi connectivity index (χ3v) is 4.97. The van der Waals surface area contributed by atoms with Crippen LogP contribution in [0.3, 0.4) is 0 Å². The minimum absolute atomic E-state index is 0.0610. The van der Waals surface area contributed by atoms with Gasteiger partial charge in [0.05, 0.1) is 5.69 Å². The Kier molecular flexibility index (Phi) is 5.08. The van der Waals surface area contributed by atoms with Crippen LogP contribution < -0.4 is 16.2 Å². The number of nitrogens with zero attached hydrogens (tertiary/aromatic N) is 1. The molecule has 5 N–H and O–H groups in total. The van der Waals surface area contributed by atoms with E-state index in [1.54, 1.807) is 12.1 Å². The zero-order valence-electron chi connectivity index (χ0n) is 12.4. The number of nitrogens with two attached hydrogens (primary N) is 2. The van der Waals surface area contributed by atoms with Gasteiger partial charge in [-0.15, -0.1) is 0 Å². The van der Waals surface area contributed by atoms with Crippen LogP contribution in [0.25, 0.3) is 0 Å². The molecule has 0 amide bonds. The van der Waals surface area contributed by atoms with E-state index in [0.717, 1.165) is 26.1 Å². The number of likely N-dealkylation sites (tertiary alicyclic amines) is 1. The third-order valence-electron chi connectivity index (χ3n) is 4.02. The standard InChI is InChI=1S/C14H24N4O2S/c1-18-8-5-11(6-9-18)4-7-17-13-3-2-12(15)10-14(13)21(16,19)20/h2-3,10-11,17H,4-9,15H2,1H3,(H2,16,19,20). The van der Waals surface area contributed by atoms with Gasteiger partial charge in [0.2, 0.25) is 10.0 Å². The summed E-state index contributed by atoms with van der Waals surface area (Å²) in [5.74, 6) is 0.695. The lowest BCUT2D eigenvalue weighted by atomic mass is 9.94. The van der Waals surface area contributed by atoms with Crippen molar-refractivity contribution >= 4 is 21.4 Å². The lowest BCUT2D eigenvalue weighted by molar-refractivity contribution is 0.215. The number of hydrogen-bond acceptors (Lipinski definition) is 5. The van der Waals surface area contributed by atoms with Gasteiger partial charge in [0.15, 0.2) is 0 Å². The van der Waals surface area contributed by atoms with Crippen molar-refractivity contribution in [3.63, 3.8) is 0 Å². The van der Waals surface area contributed by atoms with Crippen molar-refractivity contribution < 1.29 is 8.42 Å². The molecule has 0 unspecified atom stereocenters. The van der Waals surface area contributed by atoms with Gasteiger partial charge in [-0.2, -0.15) is 0 Å². The summed E-state index contributed by atoms with van der Waals surface area (Å²) in [6.45, 7) is 3.00. The molecule has 0 atom stereocenters. The Balaban J connectivity index is 1.94. The molecule has 1 aromatic rings. The normalized spacial score (nSPS) is 17.8. The monoisotopic (exact) mass is 312 g/mol. The zero-order valence-corrected chi connectivity index (χ0v) is 13.2. The third kappa shape index (κ3) is 4.59. The van der Waals surface area contributed by atoms with E-state index >= 15 is 0 Å². The van der Waals surface area contributed by atoms with Gasteiger partial charge in [0, 0.05) is 12.2 Å². The predicted molar refractivity (Wildman–Crippen MR) is 85.6 cm³/mol. The quantitative estimate of drug-likeness (QED) is 0.706. The molecule has 1 fully saturated rings. The van der Waals surface area contributed by atoms with E-state index in [4.69, 9.17) is 10.9 Å². The highest BCUT2D eigenvalue weighted by atomic mass is 32.2. The van der Waals surface area contributed by atoms with Crippen LogP contribution in [0.5, 0.6) is 0 Å². The van der Waals surface area contributed by atoms with Gasteiger partial charge >= 0.3 is 0 Å². The topological polar surface area (TPSA) is 101 Å². The van der Waals surface area contributed by atoms with Gasteiger partial charge in [-0.1, -0.05) is 0 Å². The minimum atomic E-state index is -3.77. The number of nitrogen functional groups attached to an aromatic ring is 1. The lowest BCUT2D eigenvalue weighted by Gasteiger charge is -2.29. The molecule has 1 aromatic carbocycles. The molecular weight excluding hydrogens is 288 g/mol. The summed E-state index contributed by atoms with van der Waals surface area (Å²) in [6.07, 6.45) is 3.42. The smallest absolute Gasteiger partial charge is 0.240 e. The number of hydrogen-bond donors (Lipinski definition) is 3. The molecule has 2 rings (SSSR count). The van der Waals surface area contributed by atoms with Crippen LogP contribution >= 0.6 is 0 Å². The first-order valence-electron chi connectivity index (χ1n) is 7.21. The van der Waals surface area contributed by atoms with Crippen LogP contribution in [0.15, 0.2) is 23.1 Å². The van der Waals surface area contributed by atoms with Crippen LogP contribution in [0, 0.1) is 5.92 Å². The fourth-order valence-corrected chi connectivity index (χ4v) is 3.43.